The Morgan fingerprint density at radius 3 is 2.56 bits per heavy atom. The van der Waals surface area contributed by atoms with Crippen molar-refractivity contribution in [3.05, 3.63) is 34.3 Å². The maximum atomic E-state index is 9.12. The van der Waals surface area contributed by atoms with Gasteiger partial charge in [-0.25, -0.2) is 0 Å². The molecule has 1 aromatic rings. The second-order valence-electron chi connectivity index (χ2n) is 3.90. The normalized spacial score (nSPS) is 14.1. The highest BCUT2D eigenvalue weighted by Gasteiger charge is 2.22. The summed E-state index contributed by atoms with van der Waals surface area (Å²) in [6.45, 7) is 2.31. The summed E-state index contributed by atoms with van der Waals surface area (Å²) in [5.74, 6) is 0. The summed E-state index contributed by atoms with van der Waals surface area (Å²) < 4.78 is 1.03. The van der Waals surface area contributed by atoms with E-state index in [-0.39, 0.29) is 6.61 Å². The van der Waals surface area contributed by atoms with Crippen molar-refractivity contribution in [2.75, 3.05) is 13.2 Å². The lowest BCUT2D eigenvalue weighted by Crippen LogP contribution is -2.44. The van der Waals surface area contributed by atoms with Gasteiger partial charge in [-0.05, 0) is 24.6 Å². The van der Waals surface area contributed by atoms with Gasteiger partial charge in [-0.15, -0.1) is 0 Å². The Kier molecular flexibility index (Phi) is 4.94. The van der Waals surface area contributed by atoms with Crippen LogP contribution in [0.25, 0.3) is 0 Å². The van der Waals surface area contributed by atoms with E-state index in [4.69, 9.17) is 10.4 Å². The van der Waals surface area contributed by atoms with Crippen LogP contribution in [0.1, 0.15) is 12.5 Å². The standard InChI is InChI=1S/C12H15BrN2O/c1-12(9-14,15-6-7-16)8-10-2-4-11(13)5-3-10/h2-5,15-16H,6-8H2,1H3. The summed E-state index contributed by atoms with van der Waals surface area (Å²) >= 11 is 3.37. The summed E-state index contributed by atoms with van der Waals surface area (Å²) in [7, 11) is 0. The molecule has 0 radical (unpaired) electrons. The molecular weight excluding hydrogens is 268 g/mol. The smallest absolute Gasteiger partial charge is 0.108 e. The zero-order valence-electron chi connectivity index (χ0n) is 9.20. The number of hydrogen-bond donors (Lipinski definition) is 2. The highest BCUT2D eigenvalue weighted by atomic mass is 79.9. The van der Waals surface area contributed by atoms with Crippen molar-refractivity contribution in [3.63, 3.8) is 0 Å². The van der Waals surface area contributed by atoms with E-state index in [1.54, 1.807) is 0 Å². The molecule has 0 aliphatic carbocycles. The van der Waals surface area contributed by atoms with Crippen LogP contribution < -0.4 is 5.32 Å². The van der Waals surface area contributed by atoms with E-state index < -0.39 is 5.54 Å². The number of β-amino-alcohol motifs (C(OH)–C–C–N with tert-alkyl or cyclic N) is 1. The number of benzene rings is 1. The Balaban J connectivity index is 2.69. The van der Waals surface area contributed by atoms with Crippen LogP contribution in [0.3, 0.4) is 0 Å². The van der Waals surface area contributed by atoms with Gasteiger partial charge in [0.15, 0.2) is 0 Å². The maximum absolute atomic E-state index is 9.12. The molecule has 0 saturated carbocycles. The molecule has 1 unspecified atom stereocenters. The second kappa shape index (κ2) is 6.00. The molecule has 0 bridgehead atoms. The van der Waals surface area contributed by atoms with Gasteiger partial charge in [0, 0.05) is 17.4 Å². The highest BCUT2D eigenvalue weighted by Crippen LogP contribution is 2.15. The zero-order chi connectivity index (χ0) is 12.0. The summed E-state index contributed by atoms with van der Waals surface area (Å²) in [5, 5.41) is 20.9. The molecule has 4 heteroatoms. The van der Waals surface area contributed by atoms with E-state index in [0.29, 0.717) is 13.0 Å². The molecule has 0 aliphatic heterocycles. The van der Waals surface area contributed by atoms with E-state index in [1.165, 1.54) is 0 Å². The predicted molar refractivity (Wildman–Crippen MR) is 67.0 cm³/mol. The first-order valence-electron chi connectivity index (χ1n) is 5.11. The average Bonchev–Trinajstić information content (AvgIpc) is 2.30. The van der Waals surface area contributed by atoms with E-state index >= 15 is 0 Å². The number of halogens is 1. The van der Waals surface area contributed by atoms with Crippen LogP contribution in [-0.2, 0) is 6.42 Å². The number of nitrogens with one attached hydrogen (secondary N) is 1. The fraction of sp³-hybridized carbons (Fsp3) is 0.417. The molecule has 0 spiro atoms. The van der Waals surface area contributed by atoms with Crippen molar-refractivity contribution in [1.82, 2.24) is 5.32 Å². The number of aliphatic hydroxyl groups excluding tert-OH is 1. The minimum absolute atomic E-state index is 0.0393. The van der Waals surface area contributed by atoms with Crippen LogP contribution in [-0.4, -0.2) is 23.8 Å². The Bertz CT molecular complexity index is 372. The second-order valence-corrected chi connectivity index (χ2v) is 4.81. The molecule has 2 N–H and O–H groups in total. The van der Waals surface area contributed by atoms with Gasteiger partial charge in [-0.3, -0.25) is 5.32 Å². The molecule has 1 atom stereocenters. The minimum Gasteiger partial charge on any atom is -0.395 e. The lowest BCUT2D eigenvalue weighted by atomic mass is 9.94. The Hall–Kier alpha value is -0.890. The summed E-state index contributed by atoms with van der Waals surface area (Å²) in [5.41, 5.74) is 0.467. The maximum Gasteiger partial charge on any atom is 0.108 e. The Morgan fingerprint density at radius 1 is 1.44 bits per heavy atom. The molecule has 0 fully saturated rings. The van der Waals surface area contributed by atoms with Gasteiger partial charge in [0.2, 0.25) is 0 Å². The van der Waals surface area contributed by atoms with Crippen LogP contribution in [0, 0.1) is 11.3 Å². The van der Waals surface area contributed by atoms with Gasteiger partial charge in [-0.1, -0.05) is 28.1 Å². The van der Waals surface area contributed by atoms with Crippen molar-refractivity contribution >= 4 is 15.9 Å². The average molecular weight is 283 g/mol. The SMILES string of the molecule is CC(C#N)(Cc1ccc(Br)cc1)NCCO. The topological polar surface area (TPSA) is 56.0 Å². The van der Waals surface area contributed by atoms with Crippen molar-refractivity contribution < 1.29 is 5.11 Å². The van der Waals surface area contributed by atoms with Gasteiger partial charge in [0.25, 0.3) is 0 Å². The van der Waals surface area contributed by atoms with Crippen LogP contribution in [0.5, 0.6) is 0 Å². The lowest BCUT2D eigenvalue weighted by Gasteiger charge is -2.22. The quantitative estimate of drug-likeness (QED) is 0.867. The third kappa shape index (κ3) is 3.93. The van der Waals surface area contributed by atoms with Gasteiger partial charge >= 0.3 is 0 Å². The van der Waals surface area contributed by atoms with Crippen LogP contribution in [0.15, 0.2) is 28.7 Å². The first kappa shape index (κ1) is 13.2. The van der Waals surface area contributed by atoms with E-state index in [0.717, 1.165) is 10.0 Å². The van der Waals surface area contributed by atoms with Crippen molar-refractivity contribution in [3.8, 4) is 6.07 Å². The molecule has 16 heavy (non-hydrogen) atoms. The summed E-state index contributed by atoms with van der Waals surface area (Å²) in [6.07, 6.45) is 0.622. The van der Waals surface area contributed by atoms with Crippen molar-refractivity contribution in [2.45, 2.75) is 18.9 Å². The summed E-state index contributed by atoms with van der Waals surface area (Å²) in [4.78, 5) is 0. The predicted octanol–water partition coefficient (Wildman–Crippen LogP) is 1.86. The number of nitrogens with zero attached hydrogens (tertiary/aromatic N) is 1. The molecular formula is C12H15BrN2O. The molecule has 1 aromatic carbocycles. The van der Waals surface area contributed by atoms with Crippen molar-refractivity contribution in [1.29, 1.82) is 5.26 Å². The van der Waals surface area contributed by atoms with E-state index in [2.05, 4.69) is 27.3 Å². The van der Waals surface area contributed by atoms with E-state index in [1.807, 2.05) is 31.2 Å². The fourth-order valence-corrected chi connectivity index (χ4v) is 1.75. The van der Waals surface area contributed by atoms with Gasteiger partial charge in [-0.2, -0.15) is 5.26 Å². The molecule has 0 aromatic heterocycles. The summed E-state index contributed by atoms with van der Waals surface area (Å²) in [6, 6.07) is 10.1. The van der Waals surface area contributed by atoms with E-state index in [9.17, 15) is 0 Å². The van der Waals surface area contributed by atoms with Crippen LogP contribution in [0.4, 0.5) is 0 Å². The third-order valence-corrected chi connectivity index (χ3v) is 2.87. The van der Waals surface area contributed by atoms with Gasteiger partial charge in [0.1, 0.15) is 5.54 Å². The molecule has 86 valence electrons. The molecule has 1 rings (SSSR count). The highest BCUT2D eigenvalue weighted by molar-refractivity contribution is 9.10. The number of rotatable bonds is 5. The fourth-order valence-electron chi connectivity index (χ4n) is 1.48. The van der Waals surface area contributed by atoms with Gasteiger partial charge < -0.3 is 5.11 Å². The zero-order valence-corrected chi connectivity index (χ0v) is 10.8. The minimum atomic E-state index is -0.628. The number of hydrogen-bond acceptors (Lipinski definition) is 3. The van der Waals surface area contributed by atoms with Gasteiger partial charge in [0.05, 0.1) is 12.7 Å². The molecule has 3 nitrogen and oxygen atoms in total. The first-order valence-corrected chi connectivity index (χ1v) is 5.90. The molecule has 0 heterocycles. The van der Waals surface area contributed by atoms with Crippen molar-refractivity contribution in [2.24, 2.45) is 0 Å². The van der Waals surface area contributed by atoms with Crippen LogP contribution >= 0.6 is 15.9 Å². The molecule has 0 amide bonds. The molecule has 0 saturated heterocycles. The third-order valence-electron chi connectivity index (χ3n) is 2.34. The number of aliphatic hydroxyl groups is 1. The molecule has 0 aliphatic rings. The number of nitriles is 1. The first-order chi connectivity index (χ1) is 7.59. The largest absolute Gasteiger partial charge is 0.395 e. The monoisotopic (exact) mass is 282 g/mol. The Labute approximate surface area is 104 Å². The Morgan fingerprint density at radius 2 is 2.06 bits per heavy atom. The lowest BCUT2D eigenvalue weighted by molar-refractivity contribution is 0.275. The van der Waals surface area contributed by atoms with Crippen LogP contribution in [0.2, 0.25) is 0 Å².